The lowest BCUT2D eigenvalue weighted by atomic mass is 10.2. The molecule has 0 bridgehead atoms. The second-order valence-electron chi connectivity index (χ2n) is 4.23. The number of hydrogen-bond acceptors (Lipinski definition) is 6. The summed E-state index contributed by atoms with van der Waals surface area (Å²) in [6, 6.07) is 11.5. The number of rotatable bonds is 4. The Morgan fingerprint density at radius 1 is 1.24 bits per heavy atom. The molecule has 3 rings (SSSR count). The summed E-state index contributed by atoms with van der Waals surface area (Å²) in [6.45, 7) is 0. The van der Waals surface area contributed by atoms with Crippen LogP contribution in [-0.2, 0) is 5.75 Å². The summed E-state index contributed by atoms with van der Waals surface area (Å²) in [4.78, 5) is 9.43. The molecule has 2 heterocycles. The topological polar surface area (TPSA) is 77.8 Å². The van der Waals surface area contributed by atoms with Gasteiger partial charge in [-0.1, -0.05) is 33.2 Å². The lowest BCUT2D eigenvalue weighted by Gasteiger charge is -1.97. The molecule has 0 amide bonds. The zero-order valence-corrected chi connectivity index (χ0v) is 13.3. The van der Waals surface area contributed by atoms with Crippen molar-refractivity contribution in [1.29, 1.82) is 0 Å². The molecule has 7 heteroatoms. The highest BCUT2D eigenvalue weighted by atomic mass is 79.9. The first-order chi connectivity index (χ1) is 10.2. The molecule has 0 radical (unpaired) electrons. The summed E-state index contributed by atoms with van der Waals surface area (Å²) in [6.07, 6.45) is 1.73. The van der Waals surface area contributed by atoms with Crippen molar-refractivity contribution in [2.45, 2.75) is 10.6 Å². The average Bonchev–Trinajstić information content (AvgIpc) is 2.96. The second kappa shape index (κ2) is 6.28. The Bertz CT molecular complexity index is 745. The summed E-state index contributed by atoms with van der Waals surface area (Å²) in [7, 11) is 0. The van der Waals surface area contributed by atoms with Gasteiger partial charge in [-0.05, 0) is 24.3 Å². The number of pyridine rings is 1. The van der Waals surface area contributed by atoms with Crippen molar-refractivity contribution in [3.05, 3.63) is 53.0 Å². The fourth-order valence-corrected chi connectivity index (χ4v) is 2.78. The van der Waals surface area contributed by atoms with E-state index in [-0.39, 0.29) is 0 Å². The predicted molar refractivity (Wildman–Crippen MR) is 85.6 cm³/mol. The Morgan fingerprint density at radius 3 is 2.90 bits per heavy atom. The van der Waals surface area contributed by atoms with E-state index < -0.39 is 0 Å². The molecule has 0 aliphatic heterocycles. The van der Waals surface area contributed by atoms with Crippen molar-refractivity contribution in [3.63, 3.8) is 0 Å². The first-order valence-corrected chi connectivity index (χ1v) is 7.91. The number of halogens is 1. The number of aromatic nitrogens is 3. The first-order valence-electron chi connectivity index (χ1n) is 6.13. The summed E-state index contributed by atoms with van der Waals surface area (Å²) in [5.41, 5.74) is 6.46. The molecule has 0 fully saturated rings. The van der Waals surface area contributed by atoms with E-state index in [2.05, 4.69) is 31.1 Å². The van der Waals surface area contributed by atoms with Gasteiger partial charge in [0.25, 0.3) is 0 Å². The van der Waals surface area contributed by atoms with E-state index in [1.165, 1.54) is 0 Å². The van der Waals surface area contributed by atoms with E-state index in [4.69, 9.17) is 10.3 Å². The third-order valence-electron chi connectivity index (χ3n) is 2.67. The molecule has 0 atom stereocenters. The maximum absolute atomic E-state index is 5.55. The highest BCUT2D eigenvalue weighted by Gasteiger charge is 2.09. The smallest absolute Gasteiger partial charge is 0.237 e. The SMILES string of the molecule is Nc1ccc(SCc2nc(-c3cccc(Br)c3)no2)cn1. The predicted octanol–water partition coefficient (Wildman–Crippen LogP) is 3.77. The molecular weight excluding hydrogens is 352 g/mol. The third-order valence-corrected chi connectivity index (χ3v) is 4.13. The molecule has 0 spiro atoms. The maximum Gasteiger partial charge on any atom is 0.237 e. The minimum Gasteiger partial charge on any atom is -0.384 e. The van der Waals surface area contributed by atoms with E-state index in [1.54, 1.807) is 24.0 Å². The van der Waals surface area contributed by atoms with E-state index in [0.717, 1.165) is 14.9 Å². The van der Waals surface area contributed by atoms with Crippen LogP contribution < -0.4 is 5.73 Å². The molecule has 21 heavy (non-hydrogen) atoms. The Kier molecular flexibility index (Phi) is 4.21. The Hall–Kier alpha value is -1.86. The van der Waals surface area contributed by atoms with E-state index >= 15 is 0 Å². The number of hydrogen-bond donors (Lipinski definition) is 1. The molecule has 106 valence electrons. The van der Waals surface area contributed by atoms with Crippen molar-refractivity contribution in [2.75, 3.05) is 5.73 Å². The number of nitrogens with zero attached hydrogens (tertiary/aromatic N) is 3. The van der Waals surface area contributed by atoms with Gasteiger partial charge in [-0.25, -0.2) is 4.98 Å². The highest BCUT2D eigenvalue weighted by molar-refractivity contribution is 9.10. The molecule has 0 saturated carbocycles. The fourth-order valence-electron chi connectivity index (χ4n) is 1.68. The van der Waals surface area contributed by atoms with Gasteiger partial charge in [0.1, 0.15) is 5.82 Å². The number of anilines is 1. The van der Waals surface area contributed by atoms with Crippen LogP contribution in [0.15, 0.2) is 56.5 Å². The van der Waals surface area contributed by atoms with Gasteiger partial charge in [0.2, 0.25) is 11.7 Å². The molecule has 2 aromatic heterocycles. The van der Waals surface area contributed by atoms with Crippen molar-refractivity contribution >= 4 is 33.5 Å². The van der Waals surface area contributed by atoms with Crippen molar-refractivity contribution in [2.24, 2.45) is 0 Å². The van der Waals surface area contributed by atoms with Crippen LogP contribution in [0.25, 0.3) is 11.4 Å². The van der Waals surface area contributed by atoms with Gasteiger partial charge in [0.05, 0.1) is 5.75 Å². The number of nitrogen functional groups attached to an aromatic ring is 1. The molecular formula is C14H11BrN4OS. The van der Waals surface area contributed by atoms with Crippen LogP contribution in [0.5, 0.6) is 0 Å². The highest BCUT2D eigenvalue weighted by Crippen LogP contribution is 2.24. The van der Waals surface area contributed by atoms with E-state index in [1.807, 2.05) is 30.3 Å². The molecule has 3 aromatic rings. The van der Waals surface area contributed by atoms with Crippen molar-refractivity contribution in [1.82, 2.24) is 15.1 Å². The lowest BCUT2D eigenvalue weighted by molar-refractivity contribution is 0.391. The van der Waals surface area contributed by atoms with E-state index in [9.17, 15) is 0 Å². The summed E-state index contributed by atoms with van der Waals surface area (Å²) in [5, 5.41) is 4.00. The Balaban J connectivity index is 1.69. The van der Waals surface area contributed by atoms with Gasteiger partial charge in [-0.3, -0.25) is 0 Å². The van der Waals surface area contributed by atoms with Crippen LogP contribution in [0.3, 0.4) is 0 Å². The van der Waals surface area contributed by atoms with Gasteiger partial charge >= 0.3 is 0 Å². The molecule has 2 N–H and O–H groups in total. The second-order valence-corrected chi connectivity index (χ2v) is 6.19. The Labute approximate surface area is 134 Å². The van der Waals surface area contributed by atoms with Crippen LogP contribution in [0.2, 0.25) is 0 Å². The Morgan fingerprint density at radius 2 is 2.14 bits per heavy atom. The maximum atomic E-state index is 5.55. The van der Waals surface area contributed by atoms with Gasteiger partial charge < -0.3 is 10.3 Å². The number of thioether (sulfide) groups is 1. The van der Waals surface area contributed by atoms with Crippen LogP contribution in [0.4, 0.5) is 5.82 Å². The summed E-state index contributed by atoms with van der Waals surface area (Å²) < 4.78 is 6.24. The summed E-state index contributed by atoms with van der Waals surface area (Å²) >= 11 is 5.00. The zero-order chi connectivity index (χ0) is 14.7. The van der Waals surface area contributed by atoms with Gasteiger partial charge in [0, 0.05) is 21.1 Å². The quantitative estimate of drug-likeness (QED) is 0.711. The van der Waals surface area contributed by atoms with E-state index in [0.29, 0.717) is 23.3 Å². The third kappa shape index (κ3) is 3.62. The van der Waals surface area contributed by atoms with Crippen molar-refractivity contribution in [3.8, 4) is 11.4 Å². The monoisotopic (exact) mass is 362 g/mol. The van der Waals surface area contributed by atoms with Gasteiger partial charge in [0.15, 0.2) is 0 Å². The largest absolute Gasteiger partial charge is 0.384 e. The van der Waals surface area contributed by atoms with Crippen molar-refractivity contribution < 1.29 is 4.52 Å². The average molecular weight is 363 g/mol. The molecule has 1 aromatic carbocycles. The van der Waals surface area contributed by atoms with Gasteiger partial charge in [-0.2, -0.15) is 4.98 Å². The molecule has 0 saturated heterocycles. The molecule has 5 nitrogen and oxygen atoms in total. The van der Waals surface area contributed by atoms with Crippen LogP contribution >= 0.6 is 27.7 Å². The standard InChI is InChI=1S/C14H11BrN4OS/c15-10-3-1-2-9(6-10)14-18-13(20-19-14)8-21-11-4-5-12(16)17-7-11/h1-7H,8H2,(H2,16,17). The minimum atomic E-state index is 0.508. The first kappa shape index (κ1) is 14.1. The molecule has 0 aliphatic carbocycles. The minimum absolute atomic E-state index is 0.508. The van der Waals surface area contributed by atoms with Gasteiger partial charge in [-0.15, -0.1) is 11.8 Å². The molecule has 0 unspecified atom stereocenters. The normalized spacial score (nSPS) is 10.7. The fraction of sp³-hybridized carbons (Fsp3) is 0.0714. The zero-order valence-electron chi connectivity index (χ0n) is 10.9. The van der Waals surface area contributed by atoms with Crippen LogP contribution in [-0.4, -0.2) is 15.1 Å². The summed E-state index contributed by atoms with van der Waals surface area (Å²) in [5.74, 6) is 2.26. The number of nitrogens with two attached hydrogens (primary N) is 1. The van der Waals surface area contributed by atoms with Crippen LogP contribution in [0.1, 0.15) is 5.89 Å². The number of benzene rings is 1. The lowest BCUT2D eigenvalue weighted by Crippen LogP contribution is -1.88. The molecule has 0 aliphatic rings. The van der Waals surface area contributed by atoms with Crippen LogP contribution in [0, 0.1) is 0 Å².